The van der Waals surface area contributed by atoms with Gasteiger partial charge in [-0.1, -0.05) is 6.92 Å². The van der Waals surface area contributed by atoms with Crippen LogP contribution in [0.4, 0.5) is 0 Å². The molecule has 1 heterocycles. The quantitative estimate of drug-likeness (QED) is 0.683. The highest BCUT2D eigenvalue weighted by atomic mass is 32.1. The van der Waals surface area contributed by atoms with Gasteiger partial charge in [-0.2, -0.15) is 0 Å². The van der Waals surface area contributed by atoms with Crippen molar-refractivity contribution in [2.45, 2.75) is 45.4 Å². The Morgan fingerprint density at radius 3 is 2.92 bits per heavy atom. The van der Waals surface area contributed by atoms with Crippen LogP contribution < -0.4 is 0 Å². The average molecular weight is 181 g/mol. The molecule has 0 atom stereocenters. The van der Waals surface area contributed by atoms with Crippen molar-refractivity contribution in [1.29, 1.82) is 0 Å². The average Bonchev–Trinajstić information content (AvgIpc) is 2.47. The van der Waals surface area contributed by atoms with Gasteiger partial charge in [-0.3, -0.25) is 0 Å². The molecule has 2 rings (SSSR count). The molecule has 0 spiro atoms. The van der Waals surface area contributed by atoms with Gasteiger partial charge in [0.25, 0.3) is 0 Å². The van der Waals surface area contributed by atoms with Crippen LogP contribution in [-0.2, 0) is 19.3 Å². The highest BCUT2D eigenvalue weighted by Crippen LogP contribution is 2.27. The number of aryl methyl sites for hydroxylation is 3. The normalized spacial score (nSPS) is 16.1. The number of hydrogen-bond donors (Lipinski definition) is 0. The molecule has 0 fully saturated rings. The Morgan fingerprint density at radius 1 is 1.33 bits per heavy atom. The van der Waals surface area contributed by atoms with Crippen molar-refractivity contribution in [2.75, 3.05) is 0 Å². The molecule has 0 bridgehead atoms. The van der Waals surface area contributed by atoms with Gasteiger partial charge in [0.1, 0.15) is 0 Å². The Balaban J connectivity index is 2.20. The number of rotatable bonds is 2. The molecule has 0 saturated carbocycles. The molecule has 1 aliphatic carbocycles. The van der Waals surface area contributed by atoms with E-state index < -0.39 is 0 Å². The summed E-state index contributed by atoms with van der Waals surface area (Å²) in [6.45, 7) is 2.22. The van der Waals surface area contributed by atoms with Crippen LogP contribution in [0.25, 0.3) is 0 Å². The minimum Gasteiger partial charge on any atom is -0.246 e. The third-order valence-electron chi connectivity index (χ3n) is 2.35. The third-order valence-corrected chi connectivity index (χ3v) is 3.57. The van der Waals surface area contributed by atoms with E-state index in [1.54, 1.807) is 4.88 Å². The van der Waals surface area contributed by atoms with Crippen LogP contribution in [0.3, 0.4) is 0 Å². The lowest BCUT2D eigenvalue weighted by atomic mass is 10.0. The molecule has 0 unspecified atom stereocenters. The second kappa shape index (κ2) is 3.56. The van der Waals surface area contributed by atoms with Crippen LogP contribution >= 0.6 is 11.3 Å². The zero-order chi connectivity index (χ0) is 8.39. The van der Waals surface area contributed by atoms with Crippen LogP contribution in [0.15, 0.2) is 0 Å². The van der Waals surface area contributed by atoms with E-state index in [4.69, 9.17) is 0 Å². The summed E-state index contributed by atoms with van der Waals surface area (Å²) < 4.78 is 0. The number of thiazole rings is 1. The lowest BCUT2D eigenvalue weighted by Crippen LogP contribution is -1.99. The predicted molar refractivity (Wildman–Crippen MR) is 52.8 cm³/mol. The first kappa shape index (κ1) is 8.24. The Hall–Kier alpha value is -0.370. The van der Waals surface area contributed by atoms with Crippen molar-refractivity contribution >= 4 is 11.3 Å². The van der Waals surface area contributed by atoms with Gasteiger partial charge in [-0.15, -0.1) is 11.3 Å². The zero-order valence-corrected chi connectivity index (χ0v) is 8.41. The standard InChI is InChI=1S/C10H15NS/c1-2-5-10-11-8-6-3-4-7-9(8)12-10/h2-7H2,1H3. The topological polar surface area (TPSA) is 12.9 Å². The van der Waals surface area contributed by atoms with Crippen molar-refractivity contribution in [3.8, 4) is 0 Å². The fraction of sp³-hybridized carbons (Fsp3) is 0.700. The summed E-state index contributed by atoms with van der Waals surface area (Å²) in [6, 6.07) is 0. The van der Waals surface area contributed by atoms with Crippen molar-refractivity contribution in [1.82, 2.24) is 4.98 Å². The molecule has 12 heavy (non-hydrogen) atoms. The molecule has 66 valence electrons. The van der Waals surface area contributed by atoms with Crippen molar-refractivity contribution < 1.29 is 0 Å². The Kier molecular flexibility index (Phi) is 2.45. The summed E-state index contributed by atoms with van der Waals surface area (Å²) in [7, 11) is 0. The largest absolute Gasteiger partial charge is 0.246 e. The molecule has 1 aliphatic rings. The Bertz CT molecular complexity index is 241. The molecule has 1 aromatic heterocycles. The second-order valence-electron chi connectivity index (χ2n) is 3.43. The van der Waals surface area contributed by atoms with E-state index in [1.807, 2.05) is 11.3 Å². The fourth-order valence-electron chi connectivity index (χ4n) is 1.73. The van der Waals surface area contributed by atoms with Gasteiger partial charge in [-0.25, -0.2) is 4.98 Å². The van der Waals surface area contributed by atoms with Gasteiger partial charge < -0.3 is 0 Å². The van der Waals surface area contributed by atoms with Gasteiger partial charge in [0, 0.05) is 4.88 Å². The van der Waals surface area contributed by atoms with E-state index in [-0.39, 0.29) is 0 Å². The molecule has 0 saturated heterocycles. The lowest BCUT2D eigenvalue weighted by Gasteiger charge is -2.06. The van der Waals surface area contributed by atoms with Crippen LogP contribution in [0.1, 0.15) is 41.8 Å². The molecule has 0 radical (unpaired) electrons. The number of hydrogen-bond acceptors (Lipinski definition) is 2. The summed E-state index contributed by atoms with van der Waals surface area (Å²) in [6.07, 6.45) is 7.65. The van der Waals surface area contributed by atoms with Crippen LogP contribution in [0.2, 0.25) is 0 Å². The third kappa shape index (κ3) is 1.53. The molecule has 0 N–H and O–H groups in total. The molecule has 2 heteroatoms. The molecule has 1 nitrogen and oxygen atoms in total. The first-order valence-electron chi connectivity index (χ1n) is 4.87. The molecular formula is C10H15NS. The number of fused-ring (bicyclic) bond motifs is 1. The smallest absolute Gasteiger partial charge is 0.0931 e. The SMILES string of the molecule is CCCc1nc2c(s1)CCCC2. The van der Waals surface area contributed by atoms with Gasteiger partial charge in [-0.05, 0) is 38.5 Å². The van der Waals surface area contributed by atoms with Gasteiger partial charge in [0.05, 0.1) is 10.7 Å². The van der Waals surface area contributed by atoms with Gasteiger partial charge >= 0.3 is 0 Å². The summed E-state index contributed by atoms with van der Waals surface area (Å²) >= 11 is 1.95. The maximum atomic E-state index is 4.66. The van der Waals surface area contributed by atoms with Crippen molar-refractivity contribution in [2.24, 2.45) is 0 Å². The minimum atomic E-state index is 1.18. The fourth-order valence-corrected chi connectivity index (χ4v) is 2.98. The Morgan fingerprint density at radius 2 is 2.17 bits per heavy atom. The van der Waals surface area contributed by atoms with Crippen molar-refractivity contribution in [3.05, 3.63) is 15.6 Å². The Labute approximate surface area is 77.8 Å². The summed E-state index contributed by atoms with van der Waals surface area (Å²) in [5, 5.41) is 1.37. The van der Waals surface area contributed by atoms with Gasteiger partial charge in [0.15, 0.2) is 0 Å². The van der Waals surface area contributed by atoms with Crippen LogP contribution in [0.5, 0.6) is 0 Å². The highest BCUT2D eigenvalue weighted by Gasteiger charge is 2.13. The monoisotopic (exact) mass is 181 g/mol. The van der Waals surface area contributed by atoms with Gasteiger partial charge in [0.2, 0.25) is 0 Å². The van der Waals surface area contributed by atoms with Crippen LogP contribution in [0, 0.1) is 0 Å². The summed E-state index contributed by atoms with van der Waals surface area (Å²) in [5.41, 5.74) is 1.41. The van der Waals surface area contributed by atoms with E-state index in [2.05, 4.69) is 11.9 Å². The van der Waals surface area contributed by atoms with E-state index >= 15 is 0 Å². The van der Waals surface area contributed by atoms with Crippen molar-refractivity contribution in [3.63, 3.8) is 0 Å². The molecule has 0 amide bonds. The lowest BCUT2D eigenvalue weighted by molar-refractivity contribution is 0.680. The summed E-state index contributed by atoms with van der Waals surface area (Å²) in [4.78, 5) is 6.23. The maximum Gasteiger partial charge on any atom is 0.0931 e. The first-order valence-corrected chi connectivity index (χ1v) is 5.69. The molecule has 0 aliphatic heterocycles. The molecule has 0 aromatic carbocycles. The number of nitrogens with zero attached hydrogens (tertiary/aromatic N) is 1. The predicted octanol–water partition coefficient (Wildman–Crippen LogP) is 2.97. The maximum absolute atomic E-state index is 4.66. The zero-order valence-electron chi connectivity index (χ0n) is 7.60. The number of aromatic nitrogens is 1. The molecular weight excluding hydrogens is 166 g/mol. The minimum absolute atomic E-state index is 1.18. The van der Waals surface area contributed by atoms with Crippen LogP contribution in [-0.4, -0.2) is 4.98 Å². The van der Waals surface area contributed by atoms with E-state index in [9.17, 15) is 0 Å². The van der Waals surface area contributed by atoms with E-state index in [1.165, 1.54) is 49.2 Å². The highest BCUT2D eigenvalue weighted by molar-refractivity contribution is 7.11. The molecule has 1 aromatic rings. The second-order valence-corrected chi connectivity index (χ2v) is 4.60. The summed E-state index contributed by atoms with van der Waals surface area (Å²) in [5.74, 6) is 0. The van der Waals surface area contributed by atoms with E-state index in [0.717, 1.165) is 0 Å². The first-order chi connectivity index (χ1) is 5.90. The van der Waals surface area contributed by atoms with E-state index in [0.29, 0.717) is 0 Å².